The summed E-state index contributed by atoms with van der Waals surface area (Å²) in [5.74, 6) is 0.852. The fourth-order valence-corrected chi connectivity index (χ4v) is 2.50. The molecule has 0 bridgehead atoms. The number of rotatable bonds is 7. The number of anilines is 2. The van der Waals surface area contributed by atoms with Crippen molar-refractivity contribution in [3.05, 3.63) is 59.7 Å². The quantitative estimate of drug-likeness (QED) is 0.399. The van der Waals surface area contributed by atoms with Gasteiger partial charge in [-0.25, -0.2) is 0 Å². The lowest BCUT2D eigenvalue weighted by molar-refractivity contribution is 0.103. The van der Waals surface area contributed by atoms with Crippen molar-refractivity contribution in [2.45, 2.75) is 26.2 Å². The van der Waals surface area contributed by atoms with Crippen LogP contribution in [0.2, 0.25) is 0 Å². The number of hydrogen-bond acceptors (Lipinski definition) is 3. The number of carbonyl (C=O) groups is 1. The van der Waals surface area contributed by atoms with Crippen LogP contribution in [0.25, 0.3) is 0 Å². The van der Waals surface area contributed by atoms with Gasteiger partial charge in [0.1, 0.15) is 0 Å². The second-order valence-corrected chi connectivity index (χ2v) is 5.70. The normalized spacial score (nSPS) is 9.67. The first-order valence-electron chi connectivity index (χ1n) is 8.33. The molecule has 3 nitrogen and oxygen atoms in total. The number of halogens is 1. The zero-order valence-electron chi connectivity index (χ0n) is 14.7. The summed E-state index contributed by atoms with van der Waals surface area (Å²) in [5, 5.41) is 6.16. The molecule has 0 atom stereocenters. The van der Waals surface area contributed by atoms with E-state index in [-0.39, 0.29) is 5.78 Å². The van der Waals surface area contributed by atoms with Gasteiger partial charge in [0, 0.05) is 31.1 Å². The average Bonchev–Trinajstić information content (AvgIpc) is 2.66. The minimum atomic E-state index is 0.0250. The topological polar surface area (TPSA) is 41.1 Å². The van der Waals surface area contributed by atoms with Gasteiger partial charge in [-0.05, 0) is 18.6 Å². The largest absolute Gasteiger partial charge is 0.386 e. The smallest absolute Gasteiger partial charge is 0.195 e. The van der Waals surface area contributed by atoms with E-state index in [4.69, 9.17) is 11.6 Å². The van der Waals surface area contributed by atoms with Crippen molar-refractivity contribution in [1.29, 1.82) is 0 Å². The molecule has 130 valence electrons. The molecule has 24 heavy (non-hydrogen) atoms. The van der Waals surface area contributed by atoms with Crippen LogP contribution in [0.3, 0.4) is 0 Å². The Morgan fingerprint density at radius 1 is 0.958 bits per heavy atom. The van der Waals surface area contributed by atoms with Gasteiger partial charge >= 0.3 is 0 Å². The van der Waals surface area contributed by atoms with Crippen LogP contribution in [0.15, 0.2) is 48.5 Å². The van der Waals surface area contributed by atoms with E-state index in [0.29, 0.717) is 11.1 Å². The van der Waals surface area contributed by atoms with Gasteiger partial charge in [0.25, 0.3) is 0 Å². The maximum absolute atomic E-state index is 12.4. The summed E-state index contributed by atoms with van der Waals surface area (Å²) >= 11 is 5.38. The van der Waals surface area contributed by atoms with Crippen molar-refractivity contribution in [2.75, 3.05) is 30.6 Å². The van der Waals surface area contributed by atoms with E-state index in [1.54, 1.807) is 0 Å². The Morgan fingerprint density at radius 2 is 1.67 bits per heavy atom. The van der Waals surface area contributed by atoms with E-state index in [0.717, 1.165) is 17.3 Å². The van der Waals surface area contributed by atoms with Crippen molar-refractivity contribution in [2.24, 2.45) is 0 Å². The lowest BCUT2D eigenvalue weighted by atomic mass is 10.0. The van der Waals surface area contributed by atoms with Crippen LogP contribution in [0.1, 0.15) is 42.1 Å². The minimum absolute atomic E-state index is 0.0250. The van der Waals surface area contributed by atoms with E-state index in [1.165, 1.54) is 19.3 Å². The van der Waals surface area contributed by atoms with Crippen LogP contribution in [-0.4, -0.2) is 25.8 Å². The van der Waals surface area contributed by atoms with E-state index in [9.17, 15) is 4.79 Å². The number of benzene rings is 2. The molecule has 0 amide bonds. The predicted octanol–water partition coefficient (Wildman–Crippen LogP) is 5.42. The molecule has 4 heteroatoms. The molecular formula is C20H27ClN2O. The third kappa shape index (κ3) is 5.89. The van der Waals surface area contributed by atoms with E-state index >= 15 is 0 Å². The van der Waals surface area contributed by atoms with Crippen molar-refractivity contribution in [3.8, 4) is 0 Å². The zero-order valence-corrected chi connectivity index (χ0v) is 15.5. The minimum Gasteiger partial charge on any atom is -0.386 e. The molecule has 0 aliphatic carbocycles. The highest BCUT2D eigenvalue weighted by molar-refractivity contribution is 6.17. The molecule has 0 aliphatic rings. The van der Waals surface area contributed by atoms with Crippen molar-refractivity contribution in [3.63, 3.8) is 0 Å². The first kappa shape index (κ1) is 20.0. The Labute approximate surface area is 150 Å². The van der Waals surface area contributed by atoms with Crippen LogP contribution in [0.4, 0.5) is 11.4 Å². The van der Waals surface area contributed by atoms with E-state index in [2.05, 4.69) is 17.6 Å². The third-order valence-electron chi connectivity index (χ3n) is 3.60. The van der Waals surface area contributed by atoms with E-state index < -0.39 is 0 Å². The summed E-state index contributed by atoms with van der Waals surface area (Å²) in [4.78, 5) is 12.4. The number of hydrogen-bond donors (Lipinski definition) is 2. The van der Waals surface area contributed by atoms with Gasteiger partial charge < -0.3 is 10.6 Å². The van der Waals surface area contributed by atoms with Gasteiger partial charge in [-0.2, -0.15) is 0 Å². The van der Waals surface area contributed by atoms with Gasteiger partial charge in [0.2, 0.25) is 0 Å². The molecule has 0 saturated carbocycles. The molecule has 0 radical (unpaired) electrons. The van der Waals surface area contributed by atoms with Crippen LogP contribution >= 0.6 is 11.6 Å². The molecule has 2 rings (SSSR count). The fraction of sp³-hybridized carbons (Fsp3) is 0.350. The number of nitrogens with one attached hydrogen (secondary N) is 2. The van der Waals surface area contributed by atoms with Crippen LogP contribution in [-0.2, 0) is 0 Å². The molecule has 0 unspecified atom stereocenters. The average molecular weight is 347 g/mol. The molecular weight excluding hydrogens is 320 g/mol. The van der Waals surface area contributed by atoms with Gasteiger partial charge in [-0.3, -0.25) is 4.79 Å². The molecule has 0 fully saturated rings. The number of carbonyl (C=O) groups excluding carboxylic acids is 1. The lowest BCUT2D eigenvalue weighted by Gasteiger charge is -2.13. The number of alkyl halides is 1. The number of ketones is 1. The Morgan fingerprint density at radius 3 is 2.17 bits per heavy atom. The summed E-state index contributed by atoms with van der Waals surface area (Å²) in [6, 6.07) is 14.9. The summed E-state index contributed by atoms with van der Waals surface area (Å²) in [6.07, 6.45) is 3.73. The SMILES string of the molecule is CCCCCCl.CNc1cccc(C(=O)c2ccccc2)c1NC. The Bertz CT molecular complexity index is 610. The molecule has 2 aromatic rings. The zero-order chi connectivity index (χ0) is 17.8. The van der Waals surface area contributed by atoms with Crippen molar-refractivity contribution < 1.29 is 4.79 Å². The Balaban J connectivity index is 0.000000413. The summed E-state index contributed by atoms with van der Waals surface area (Å²) in [7, 11) is 3.66. The van der Waals surface area contributed by atoms with Crippen molar-refractivity contribution in [1.82, 2.24) is 0 Å². The lowest BCUT2D eigenvalue weighted by Crippen LogP contribution is -2.07. The maximum Gasteiger partial charge on any atom is 0.195 e. The van der Waals surface area contributed by atoms with Crippen LogP contribution in [0.5, 0.6) is 0 Å². The Kier molecular flexibility index (Phi) is 9.62. The third-order valence-corrected chi connectivity index (χ3v) is 3.87. The van der Waals surface area contributed by atoms with Crippen LogP contribution in [0, 0.1) is 0 Å². The first-order chi connectivity index (χ1) is 11.7. The van der Waals surface area contributed by atoms with Crippen molar-refractivity contribution >= 4 is 28.8 Å². The number of unbranched alkanes of at least 4 members (excludes halogenated alkanes) is 2. The van der Waals surface area contributed by atoms with Gasteiger partial charge in [0.05, 0.1) is 11.4 Å². The van der Waals surface area contributed by atoms with Crippen LogP contribution < -0.4 is 10.6 Å². The highest BCUT2D eigenvalue weighted by Gasteiger charge is 2.14. The summed E-state index contributed by atoms with van der Waals surface area (Å²) in [5.41, 5.74) is 3.12. The van der Waals surface area contributed by atoms with E-state index in [1.807, 2.05) is 62.6 Å². The molecule has 0 heterocycles. The van der Waals surface area contributed by atoms with Gasteiger partial charge in [-0.15, -0.1) is 11.6 Å². The molecule has 0 saturated heterocycles. The summed E-state index contributed by atoms with van der Waals surface area (Å²) in [6.45, 7) is 2.17. The standard InChI is InChI=1S/C15H16N2O.C5H11Cl/c1-16-13-10-6-9-12(14(13)17-2)15(18)11-7-4-3-5-8-11;1-2-3-4-5-6/h3-10,16-17H,1-2H3;2-5H2,1H3. The first-order valence-corrected chi connectivity index (χ1v) is 8.87. The van der Waals surface area contributed by atoms with Gasteiger partial charge in [-0.1, -0.05) is 56.2 Å². The van der Waals surface area contributed by atoms with Gasteiger partial charge in [0.15, 0.2) is 5.78 Å². The molecule has 2 N–H and O–H groups in total. The molecule has 0 spiro atoms. The second kappa shape index (κ2) is 11.5. The molecule has 0 aliphatic heterocycles. The Hall–Kier alpha value is -2.00. The summed E-state index contributed by atoms with van der Waals surface area (Å²) < 4.78 is 0. The highest BCUT2D eigenvalue weighted by Crippen LogP contribution is 2.27. The highest BCUT2D eigenvalue weighted by atomic mass is 35.5. The fourth-order valence-electron chi connectivity index (χ4n) is 2.31. The monoisotopic (exact) mass is 346 g/mol. The second-order valence-electron chi connectivity index (χ2n) is 5.32. The molecule has 2 aromatic carbocycles. The molecule has 0 aromatic heterocycles. The number of para-hydroxylation sites is 1. The predicted molar refractivity (Wildman–Crippen MR) is 106 cm³/mol. The maximum atomic E-state index is 12.4.